The van der Waals surface area contributed by atoms with Crippen LogP contribution in [0.25, 0.3) is 0 Å². The summed E-state index contributed by atoms with van der Waals surface area (Å²) in [6.07, 6.45) is -7.03. The summed E-state index contributed by atoms with van der Waals surface area (Å²) in [4.78, 5) is 7.63. The van der Waals surface area contributed by atoms with Gasteiger partial charge in [-0.3, -0.25) is 4.72 Å². The first kappa shape index (κ1) is 25.8. The number of nitrogens with one attached hydrogen (secondary N) is 1. The van der Waals surface area contributed by atoms with E-state index in [-0.39, 0.29) is 28.0 Å². The Bertz CT molecular complexity index is 1400. The van der Waals surface area contributed by atoms with E-state index in [1.165, 1.54) is 24.3 Å². The standard InChI is InChI=1S/C20H15F6N5O3S2/c21-19(22,23)11-8-15(32)16(27-9-11)28-14-3-1-2-13(14)10-4-6-12(7-5-10)36(33,34)31-18-30-29-17(35-18)20(24,25)26/h4-9,13,32H,1-3H2,(H,30,31)/t13-/m0/s1. The van der Waals surface area contributed by atoms with Crippen molar-refractivity contribution in [2.45, 2.75) is 42.4 Å². The summed E-state index contributed by atoms with van der Waals surface area (Å²) in [5, 5.41) is 14.2. The average molecular weight is 551 g/mol. The van der Waals surface area contributed by atoms with Crippen molar-refractivity contribution in [3.8, 4) is 5.75 Å². The molecular weight excluding hydrogens is 536 g/mol. The summed E-state index contributed by atoms with van der Waals surface area (Å²) in [5.41, 5.74) is 0.104. The van der Waals surface area contributed by atoms with Gasteiger partial charge >= 0.3 is 12.4 Å². The molecule has 2 heterocycles. The molecule has 1 atom stereocenters. The van der Waals surface area contributed by atoms with Crippen molar-refractivity contribution >= 4 is 38.0 Å². The van der Waals surface area contributed by atoms with Gasteiger partial charge in [-0.1, -0.05) is 23.5 Å². The molecule has 16 heteroatoms. The molecule has 1 aliphatic rings. The molecule has 0 aliphatic heterocycles. The van der Waals surface area contributed by atoms with E-state index in [9.17, 15) is 39.9 Å². The fourth-order valence-corrected chi connectivity index (χ4v) is 5.42. The fraction of sp³-hybridized carbons (Fsp3) is 0.300. The second-order valence-corrected chi connectivity index (χ2v) is 10.4. The van der Waals surface area contributed by atoms with Crippen molar-refractivity contribution in [2.24, 2.45) is 4.99 Å². The number of aliphatic imine (C=N–C) groups is 1. The van der Waals surface area contributed by atoms with E-state index >= 15 is 0 Å². The lowest BCUT2D eigenvalue weighted by Gasteiger charge is -2.13. The SMILES string of the molecule is O=S(=O)(Nc1nnc(C(F)(F)F)s1)c1ccc([C@@H]2CCCC2=Nc2ncc(C(F)(F)F)cc2O)cc1. The molecule has 2 N–H and O–H groups in total. The number of hydrogen-bond donors (Lipinski definition) is 2. The van der Waals surface area contributed by atoms with Crippen LogP contribution >= 0.6 is 11.3 Å². The smallest absolute Gasteiger partial charge is 0.445 e. The molecule has 0 bridgehead atoms. The zero-order valence-corrected chi connectivity index (χ0v) is 19.4. The molecule has 1 aliphatic carbocycles. The molecule has 8 nitrogen and oxygen atoms in total. The molecule has 0 spiro atoms. The minimum absolute atomic E-state index is 0.0474. The summed E-state index contributed by atoms with van der Waals surface area (Å²) < 4.78 is 103. The zero-order chi connectivity index (χ0) is 26.3. The van der Waals surface area contributed by atoms with Gasteiger partial charge < -0.3 is 5.11 Å². The van der Waals surface area contributed by atoms with E-state index in [1.807, 2.05) is 4.72 Å². The Hall–Kier alpha value is -3.27. The second-order valence-electron chi connectivity index (χ2n) is 7.70. The van der Waals surface area contributed by atoms with Crippen LogP contribution in [0, 0.1) is 0 Å². The van der Waals surface area contributed by atoms with Gasteiger partial charge in [-0.15, -0.1) is 10.2 Å². The van der Waals surface area contributed by atoms with Crippen LogP contribution in [0.2, 0.25) is 0 Å². The lowest BCUT2D eigenvalue weighted by molar-refractivity contribution is -0.138. The highest BCUT2D eigenvalue weighted by molar-refractivity contribution is 7.93. The second kappa shape index (κ2) is 9.31. The molecule has 1 fully saturated rings. The number of aromatic hydroxyl groups is 1. The minimum atomic E-state index is -4.75. The van der Waals surface area contributed by atoms with Crippen molar-refractivity contribution in [2.75, 3.05) is 4.72 Å². The average Bonchev–Trinajstić information content (AvgIpc) is 3.44. The first-order chi connectivity index (χ1) is 16.7. The van der Waals surface area contributed by atoms with Gasteiger partial charge in [0.25, 0.3) is 10.0 Å². The number of nitrogens with zero attached hydrogens (tertiary/aromatic N) is 4. The van der Waals surface area contributed by atoms with Gasteiger partial charge in [-0.25, -0.2) is 18.4 Å². The van der Waals surface area contributed by atoms with Crippen molar-refractivity contribution in [1.29, 1.82) is 0 Å². The number of hydrogen-bond acceptors (Lipinski definition) is 8. The maximum absolute atomic E-state index is 12.8. The number of aromatic nitrogens is 3. The third-order valence-electron chi connectivity index (χ3n) is 5.23. The molecule has 0 radical (unpaired) electrons. The lowest BCUT2D eigenvalue weighted by Crippen LogP contribution is -2.13. The van der Waals surface area contributed by atoms with Crippen molar-refractivity contribution in [1.82, 2.24) is 15.2 Å². The minimum Gasteiger partial charge on any atom is -0.504 e. The van der Waals surface area contributed by atoms with E-state index in [1.54, 1.807) is 0 Å². The van der Waals surface area contributed by atoms with Gasteiger partial charge in [-0.05, 0) is 43.0 Å². The van der Waals surface area contributed by atoms with Gasteiger partial charge in [0, 0.05) is 17.8 Å². The molecule has 36 heavy (non-hydrogen) atoms. The molecular formula is C20H15F6N5O3S2. The zero-order valence-electron chi connectivity index (χ0n) is 17.8. The third-order valence-corrected chi connectivity index (χ3v) is 7.60. The summed E-state index contributed by atoms with van der Waals surface area (Å²) in [6.45, 7) is 0. The Morgan fingerprint density at radius 2 is 1.75 bits per heavy atom. The third kappa shape index (κ3) is 5.59. The van der Waals surface area contributed by atoms with Crippen LogP contribution < -0.4 is 4.72 Å². The molecule has 0 unspecified atom stereocenters. The van der Waals surface area contributed by atoms with Crippen LogP contribution in [0.15, 0.2) is 46.4 Å². The van der Waals surface area contributed by atoms with Gasteiger partial charge in [0.15, 0.2) is 11.6 Å². The van der Waals surface area contributed by atoms with E-state index in [0.717, 1.165) is 0 Å². The molecule has 0 amide bonds. The van der Waals surface area contributed by atoms with E-state index in [2.05, 4.69) is 20.2 Å². The highest BCUT2D eigenvalue weighted by Crippen LogP contribution is 2.38. The first-order valence-corrected chi connectivity index (χ1v) is 12.4. The molecule has 192 valence electrons. The van der Waals surface area contributed by atoms with Crippen LogP contribution in [0.1, 0.15) is 41.3 Å². The summed E-state index contributed by atoms with van der Waals surface area (Å²) in [7, 11) is -4.24. The topological polar surface area (TPSA) is 117 Å². The van der Waals surface area contributed by atoms with Crippen molar-refractivity contribution < 1.29 is 39.9 Å². The van der Waals surface area contributed by atoms with Crippen LogP contribution in [-0.2, 0) is 22.4 Å². The Morgan fingerprint density at radius 1 is 1.06 bits per heavy atom. The van der Waals surface area contributed by atoms with Gasteiger partial charge in [0.1, 0.15) is 0 Å². The summed E-state index contributed by atoms with van der Waals surface area (Å²) in [5.74, 6) is -1.28. The summed E-state index contributed by atoms with van der Waals surface area (Å²) >= 11 is 0.0474. The van der Waals surface area contributed by atoms with Crippen LogP contribution in [0.4, 0.5) is 37.3 Å². The molecule has 3 aromatic rings. The molecule has 1 saturated carbocycles. The molecule has 2 aromatic heterocycles. The van der Waals surface area contributed by atoms with Crippen molar-refractivity contribution in [3.05, 3.63) is 52.7 Å². The monoisotopic (exact) mass is 551 g/mol. The first-order valence-electron chi connectivity index (χ1n) is 10.1. The van der Waals surface area contributed by atoms with E-state index < -0.39 is 43.8 Å². The molecule has 1 aromatic carbocycles. The maximum atomic E-state index is 12.8. The van der Waals surface area contributed by atoms with Crippen LogP contribution in [0.3, 0.4) is 0 Å². The quantitative estimate of drug-likeness (QED) is 0.404. The normalized spacial score (nSPS) is 18.1. The van der Waals surface area contributed by atoms with Gasteiger partial charge in [-0.2, -0.15) is 26.3 Å². The van der Waals surface area contributed by atoms with Crippen LogP contribution in [0.5, 0.6) is 5.75 Å². The summed E-state index contributed by atoms with van der Waals surface area (Å²) in [6, 6.07) is 6.06. The van der Waals surface area contributed by atoms with Gasteiger partial charge in [0.05, 0.1) is 10.5 Å². The fourth-order valence-electron chi connectivity index (χ4n) is 3.58. The Labute approximate surface area is 203 Å². The highest BCUT2D eigenvalue weighted by Gasteiger charge is 2.36. The number of alkyl halides is 6. The van der Waals surface area contributed by atoms with Gasteiger partial charge in [0.2, 0.25) is 10.1 Å². The highest BCUT2D eigenvalue weighted by atomic mass is 32.2. The number of anilines is 1. The number of benzene rings is 1. The van der Waals surface area contributed by atoms with E-state index in [4.69, 9.17) is 0 Å². The number of halogens is 6. The Kier molecular flexibility index (Phi) is 6.68. The van der Waals surface area contributed by atoms with Crippen LogP contribution in [-0.4, -0.2) is 34.4 Å². The number of pyridine rings is 1. The largest absolute Gasteiger partial charge is 0.504 e. The Morgan fingerprint density at radius 3 is 2.33 bits per heavy atom. The maximum Gasteiger partial charge on any atom is 0.445 e. The molecule has 4 rings (SSSR count). The number of rotatable bonds is 5. The Balaban J connectivity index is 1.53. The molecule has 0 saturated heterocycles. The van der Waals surface area contributed by atoms with Crippen molar-refractivity contribution in [3.63, 3.8) is 0 Å². The predicted molar refractivity (Wildman–Crippen MR) is 117 cm³/mol. The van der Waals surface area contributed by atoms with E-state index in [0.29, 0.717) is 42.8 Å². The predicted octanol–water partition coefficient (Wildman–Crippen LogP) is 5.52. The lowest BCUT2D eigenvalue weighted by atomic mass is 9.96. The number of sulfonamides is 1.